The molecule has 0 amide bonds. The van der Waals surface area contributed by atoms with E-state index in [1.807, 2.05) is 0 Å². The Labute approximate surface area is 75.8 Å². The van der Waals surface area contributed by atoms with Crippen LogP contribution in [0.2, 0.25) is 0 Å². The van der Waals surface area contributed by atoms with Crippen molar-refractivity contribution < 1.29 is 18.7 Å². The Hall–Kier alpha value is 0.160. The fourth-order valence-electron chi connectivity index (χ4n) is 0.301. The summed E-state index contributed by atoms with van der Waals surface area (Å²) in [6, 6.07) is 0. The van der Waals surface area contributed by atoms with Crippen LogP contribution in [0.5, 0.6) is 0 Å². The van der Waals surface area contributed by atoms with Crippen molar-refractivity contribution in [3.05, 3.63) is 0 Å². The minimum atomic E-state index is -2.35. The molecule has 4 nitrogen and oxygen atoms in total. The highest BCUT2D eigenvalue weighted by Crippen LogP contribution is 2.28. The Balaban J connectivity index is 4.55. The number of carboxylic acid groups (broad SMARTS) is 1. The summed E-state index contributed by atoms with van der Waals surface area (Å²) in [6.07, 6.45) is 0. The molecule has 0 saturated heterocycles. The van der Waals surface area contributed by atoms with E-state index in [9.17, 15) is 9.00 Å². The van der Waals surface area contributed by atoms with Gasteiger partial charge in [-0.1, -0.05) is 23.2 Å². The molecule has 2 N–H and O–H groups in total. The largest absolute Gasteiger partial charge is 0.479 e. The molecule has 66 valence electrons. The molecule has 0 aromatic heterocycles. The zero-order chi connectivity index (χ0) is 9.23. The normalized spacial score (nSPS) is 17.5. The molecule has 0 bridgehead atoms. The Morgan fingerprint density at radius 3 is 2.09 bits per heavy atom. The SMILES string of the molecule is CC(S(=O)O)C(Cl)(Cl)C(=O)O. The van der Waals surface area contributed by atoms with E-state index in [0.29, 0.717) is 0 Å². The predicted octanol–water partition coefficient (Wildman–Crippen LogP) is 0.855. The first-order valence-electron chi connectivity index (χ1n) is 2.51. The highest BCUT2D eigenvalue weighted by molar-refractivity contribution is 7.80. The fourth-order valence-corrected chi connectivity index (χ4v) is 1.11. The summed E-state index contributed by atoms with van der Waals surface area (Å²) in [4.78, 5) is 10.3. The molecule has 11 heavy (non-hydrogen) atoms. The van der Waals surface area contributed by atoms with Crippen molar-refractivity contribution in [3.8, 4) is 0 Å². The maximum absolute atomic E-state index is 10.3. The smallest absolute Gasteiger partial charge is 0.341 e. The minimum Gasteiger partial charge on any atom is -0.479 e. The Kier molecular flexibility index (Phi) is 3.76. The van der Waals surface area contributed by atoms with Crippen molar-refractivity contribution >= 4 is 40.3 Å². The number of halogens is 2. The van der Waals surface area contributed by atoms with Crippen molar-refractivity contribution in [1.29, 1.82) is 0 Å². The van der Waals surface area contributed by atoms with Crippen LogP contribution in [0, 0.1) is 0 Å². The molecule has 0 spiro atoms. The van der Waals surface area contributed by atoms with Gasteiger partial charge < -0.3 is 9.66 Å². The van der Waals surface area contributed by atoms with Gasteiger partial charge in [-0.15, -0.1) is 0 Å². The van der Waals surface area contributed by atoms with Crippen LogP contribution in [0.15, 0.2) is 0 Å². The van der Waals surface area contributed by atoms with Crippen LogP contribution in [-0.2, 0) is 15.9 Å². The second-order valence-electron chi connectivity index (χ2n) is 1.85. The molecule has 0 aliphatic carbocycles. The molecule has 0 aromatic rings. The van der Waals surface area contributed by atoms with Gasteiger partial charge in [-0.3, -0.25) is 0 Å². The molecular weight excluding hydrogens is 215 g/mol. The maximum atomic E-state index is 10.3. The van der Waals surface area contributed by atoms with Gasteiger partial charge in [-0.05, 0) is 6.92 Å². The summed E-state index contributed by atoms with van der Waals surface area (Å²) in [5.74, 6) is -1.53. The first kappa shape index (κ1) is 11.2. The van der Waals surface area contributed by atoms with Gasteiger partial charge in [0.15, 0.2) is 11.1 Å². The van der Waals surface area contributed by atoms with E-state index >= 15 is 0 Å². The van der Waals surface area contributed by atoms with E-state index in [4.69, 9.17) is 32.9 Å². The van der Waals surface area contributed by atoms with E-state index in [2.05, 4.69) is 0 Å². The molecule has 0 aliphatic rings. The fraction of sp³-hybridized carbons (Fsp3) is 0.750. The first-order chi connectivity index (χ1) is 4.80. The quantitative estimate of drug-likeness (QED) is 0.547. The number of carbonyl (C=O) groups is 1. The van der Waals surface area contributed by atoms with Crippen molar-refractivity contribution in [1.82, 2.24) is 0 Å². The van der Waals surface area contributed by atoms with Gasteiger partial charge in [0.05, 0.1) is 0 Å². The molecule has 0 saturated carbocycles. The van der Waals surface area contributed by atoms with Gasteiger partial charge in [0.2, 0.25) is 4.33 Å². The van der Waals surface area contributed by atoms with Crippen LogP contribution in [-0.4, -0.2) is 29.4 Å². The van der Waals surface area contributed by atoms with Crippen LogP contribution >= 0.6 is 23.2 Å². The number of aliphatic carboxylic acids is 1. The molecule has 0 rings (SSSR count). The van der Waals surface area contributed by atoms with Crippen molar-refractivity contribution in [3.63, 3.8) is 0 Å². The van der Waals surface area contributed by atoms with Gasteiger partial charge in [-0.2, -0.15) is 0 Å². The van der Waals surface area contributed by atoms with Crippen LogP contribution < -0.4 is 0 Å². The second kappa shape index (κ2) is 3.71. The van der Waals surface area contributed by atoms with E-state index in [1.54, 1.807) is 0 Å². The van der Waals surface area contributed by atoms with Crippen LogP contribution in [0.1, 0.15) is 6.92 Å². The Bertz CT molecular complexity index is 193. The summed E-state index contributed by atoms with van der Waals surface area (Å²) in [5, 5.41) is 7.12. The highest BCUT2D eigenvalue weighted by atomic mass is 35.5. The third-order valence-electron chi connectivity index (χ3n) is 1.10. The number of hydrogen-bond donors (Lipinski definition) is 2. The summed E-state index contributed by atoms with van der Waals surface area (Å²) >= 11 is 8.11. The minimum absolute atomic E-state index is 1.17. The van der Waals surface area contributed by atoms with Crippen molar-refractivity contribution in [2.75, 3.05) is 0 Å². The lowest BCUT2D eigenvalue weighted by Gasteiger charge is -2.18. The lowest BCUT2D eigenvalue weighted by atomic mass is 10.3. The zero-order valence-electron chi connectivity index (χ0n) is 5.45. The van der Waals surface area contributed by atoms with Crippen LogP contribution in [0.3, 0.4) is 0 Å². The van der Waals surface area contributed by atoms with Gasteiger partial charge in [-0.25, -0.2) is 9.00 Å². The van der Waals surface area contributed by atoms with Crippen LogP contribution in [0.4, 0.5) is 0 Å². The molecular formula is C4H6Cl2O4S. The molecule has 0 aromatic carbocycles. The van der Waals surface area contributed by atoms with Gasteiger partial charge in [0.25, 0.3) is 0 Å². The van der Waals surface area contributed by atoms with E-state index in [-0.39, 0.29) is 0 Å². The average Bonchev–Trinajstić information content (AvgIpc) is 1.85. The monoisotopic (exact) mass is 220 g/mol. The average molecular weight is 221 g/mol. The van der Waals surface area contributed by atoms with E-state index in [0.717, 1.165) is 0 Å². The van der Waals surface area contributed by atoms with Gasteiger partial charge in [0.1, 0.15) is 5.25 Å². The number of hydrogen-bond acceptors (Lipinski definition) is 2. The molecule has 0 fully saturated rings. The van der Waals surface area contributed by atoms with Gasteiger partial charge >= 0.3 is 5.97 Å². The lowest BCUT2D eigenvalue weighted by Crippen LogP contribution is -2.39. The lowest BCUT2D eigenvalue weighted by molar-refractivity contribution is -0.137. The number of rotatable bonds is 3. The molecule has 0 radical (unpaired) electrons. The number of alkyl halides is 2. The Morgan fingerprint density at radius 2 is 2.00 bits per heavy atom. The van der Waals surface area contributed by atoms with Crippen molar-refractivity contribution in [2.45, 2.75) is 16.5 Å². The summed E-state index contributed by atoms with van der Waals surface area (Å²) in [6.45, 7) is 1.17. The predicted molar refractivity (Wildman–Crippen MR) is 42.3 cm³/mol. The van der Waals surface area contributed by atoms with Crippen molar-refractivity contribution in [2.24, 2.45) is 0 Å². The number of carboxylic acids is 1. The zero-order valence-corrected chi connectivity index (χ0v) is 7.78. The third-order valence-corrected chi connectivity index (χ3v) is 3.29. The first-order valence-corrected chi connectivity index (χ1v) is 4.43. The van der Waals surface area contributed by atoms with Crippen LogP contribution in [0.25, 0.3) is 0 Å². The van der Waals surface area contributed by atoms with E-state index in [1.165, 1.54) is 6.92 Å². The third kappa shape index (κ3) is 2.59. The molecule has 0 aliphatic heterocycles. The molecule has 2 atom stereocenters. The summed E-state index contributed by atoms with van der Waals surface area (Å²) < 4.78 is 16.6. The highest BCUT2D eigenvalue weighted by Gasteiger charge is 2.43. The molecule has 7 heteroatoms. The second-order valence-corrected chi connectivity index (χ2v) is 4.49. The van der Waals surface area contributed by atoms with Gasteiger partial charge in [0, 0.05) is 0 Å². The summed E-state index contributed by atoms with van der Waals surface area (Å²) in [7, 11) is 0. The van der Waals surface area contributed by atoms with E-state index < -0.39 is 26.6 Å². The topological polar surface area (TPSA) is 74.6 Å². The summed E-state index contributed by atoms with van der Waals surface area (Å²) in [5.41, 5.74) is 0. The standard InChI is InChI=1S/C4H6Cl2O4S/c1-2(11(9)10)4(5,6)3(7)8/h2H,1H3,(H,7,8)(H,9,10). The maximum Gasteiger partial charge on any atom is 0.341 e. The molecule has 2 unspecified atom stereocenters. The Morgan fingerprint density at radius 1 is 1.64 bits per heavy atom. The molecule has 0 heterocycles.